The average molecular weight is 398 g/mol. The molecule has 3 aromatic rings. The van der Waals surface area contributed by atoms with Crippen molar-refractivity contribution < 1.29 is 14.1 Å². The van der Waals surface area contributed by atoms with Crippen LogP contribution in [0.2, 0.25) is 5.02 Å². The van der Waals surface area contributed by atoms with Crippen molar-refractivity contribution >= 4 is 17.5 Å². The van der Waals surface area contributed by atoms with Crippen LogP contribution >= 0.6 is 11.6 Å². The number of carbonyl (C=O) groups excluding carboxylic acids is 1. The topological polar surface area (TPSA) is 68.5 Å². The van der Waals surface area contributed by atoms with E-state index in [1.54, 1.807) is 4.90 Å². The minimum Gasteiger partial charge on any atom is -0.493 e. The first-order valence-corrected chi connectivity index (χ1v) is 9.63. The van der Waals surface area contributed by atoms with Crippen molar-refractivity contribution in [2.75, 3.05) is 6.61 Å². The number of hydrogen-bond acceptors (Lipinski definition) is 5. The van der Waals surface area contributed by atoms with Crippen LogP contribution < -0.4 is 4.74 Å². The highest BCUT2D eigenvalue weighted by atomic mass is 35.5. The SMILES string of the molecule is CCOc1ccccc1-c1noc(C2CCC(=O)N2Cc2ccc(Cl)cc2)n1. The van der Waals surface area contributed by atoms with Gasteiger partial charge in [-0.1, -0.05) is 41.0 Å². The molecule has 4 rings (SSSR count). The third-order valence-corrected chi connectivity index (χ3v) is 5.00. The molecule has 1 amide bonds. The zero-order valence-electron chi connectivity index (χ0n) is 15.5. The summed E-state index contributed by atoms with van der Waals surface area (Å²) in [4.78, 5) is 18.8. The van der Waals surface area contributed by atoms with E-state index in [0.717, 1.165) is 11.1 Å². The van der Waals surface area contributed by atoms with Gasteiger partial charge in [-0.2, -0.15) is 4.98 Å². The summed E-state index contributed by atoms with van der Waals surface area (Å²) in [6, 6.07) is 14.8. The van der Waals surface area contributed by atoms with Crippen LogP contribution in [0.5, 0.6) is 5.75 Å². The largest absolute Gasteiger partial charge is 0.493 e. The van der Waals surface area contributed by atoms with E-state index >= 15 is 0 Å². The van der Waals surface area contributed by atoms with Crippen LogP contribution in [0.4, 0.5) is 0 Å². The zero-order chi connectivity index (χ0) is 19.5. The minimum absolute atomic E-state index is 0.0782. The van der Waals surface area contributed by atoms with Gasteiger partial charge in [0.2, 0.25) is 17.6 Å². The lowest BCUT2D eigenvalue weighted by molar-refractivity contribution is -0.129. The van der Waals surface area contributed by atoms with Gasteiger partial charge in [0.25, 0.3) is 0 Å². The van der Waals surface area contributed by atoms with Gasteiger partial charge in [0.05, 0.1) is 12.2 Å². The van der Waals surface area contributed by atoms with Crippen molar-refractivity contribution in [3.63, 3.8) is 0 Å². The number of benzene rings is 2. The molecule has 7 heteroatoms. The number of amides is 1. The molecule has 1 saturated heterocycles. The number of para-hydroxylation sites is 1. The summed E-state index contributed by atoms with van der Waals surface area (Å²) >= 11 is 5.95. The van der Waals surface area contributed by atoms with Gasteiger partial charge >= 0.3 is 0 Å². The number of rotatable bonds is 6. The molecule has 0 saturated carbocycles. The molecule has 2 aromatic carbocycles. The third kappa shape index (κ3) is 3.73. The van der Waals surface area contributed by atoms with E-state index in [0.29, 0.717) is 48.5 Å². The van der Waals surface area contributed by atoms with Gasteiger partial charge in [-0.25, -0.2) is 0 Å². The maximum absolute atomic E-state index is 12.4. The quantitative estimate of drug-likeness (QED) is 0.605. The maximum atomic E-state index is 12.4. The Labute approximate surface area is 168 Å². The molecule has 1 fully saturated rings. The second-order valence-corrected chi connectivity index (χ2v) is 7.02. The van der Waals surface area contributed by atoms with Gasteiger partial charge in [0.15, 0.2) is 0 Å². The van der Waals surface area contributed by atoms with Crippen LogP contribution in [-0.2, 0) is 11.3 Å². The lowest BCUT2D eigenvalue weighted by Gasteiger charge is -2.22. The highest BCUT2D eigenvalue weighted by Gasteiger charge is 2.36. The Balaban J connectivity index is 1.58. The minimum atomic E-state index is -0.233. The van der Waals surface area contributed by atoms with E-state index in [1.807, 2.05) is 55.5 Å². The van der Waals surface area contributed by atoms with Crippen molar-refractivity contribution in [2.45, 2.75) is 32.4 Å². The van der Waals surface area contributed by atoms with E-state index in [4.69, 9.17) is 20.9 Å². The van der Waals surface area contributed by atoms with Crippen LogP contribution in [0, 0.1) is 0 Å². The molecule has 0 aliphatic carbocycles. The molecule has 0 radical (unpaired) electrons. The van der Waals surface area contributed by atoms with Crippen molar-refractivity contribution in [1.29, 1.82) is 0 Å². The monoisotopic (exact) mass is 397 g/mol. The van der Waals surface area contributed by atoms with E-state index in [2.05, 4.69) is 10.1 Å². The maximum Gasteiger partial charge on any atom is 0.249 e. The first-order valence-electron chi connectivity index (χ1n) is 9.25. The van der Waals surface area contributed by atoms with E-state index < -0.39 is 0 Å². The molecule has 6 nitrogen and oxygen atoms in total. The number of aromatic nitrogens is 2. The second-order valence-electron chi connectivity index (χ2n) is 6.59. The molecule has 0 bridgehead atoms. The summed E-state index contributed by atoms with van der Waals surface area (Å²) in [5.74, 6) is 1.69. The summed E-state index contributed by atoms with van der Waals surface area (Å²) in [6.45, 7) is 2.96. The van der Waals surface area contributed by atoms with Crippen LogP contribution in [0.25, 0.3) is 11.4 Å². The lowest BCUT2D eigenvalue weighted by Crippen LogP contribution is -2.27. The molecule has 28 heavy (non-hydrogen) atoms. The molecule has 0 spiro atoms. The van der Waals surface area contributed by atoms with Crippen LogP contribution in [0.1, 0.15) is 37.3 Å². The molecule has 1 aliphatic rings. The van der Waals surface area contributed by atoms with Crippen molar-refractivity contribution in [2.24, 2.45) is 0 Å². The highest BCUT2D eigenvalue weighted by molar-refractivity contribution is 6.30. The zero-order valence-corrected chi connectivity index (χ0v) is 16.2. The van der Waals surface area contributed by atoms with Crippen LogP contribution in [0.3, 0.4) is 0 Å². The fourth-order valence-electron chi connectivity index (χ4n) is 3.39. The normalized spacial score (nSPS) is 16.6. The van der Waals surface area contributed by atoms with E-state index in [1.165, 1.54) is 0 Å². The molecule has 1 aromatic heterocycles. The molecular formula is C21H20ClN3O3. The van der Waals surface area contributed by atoms with Gasteiger partial charge in [-0.3, -0.25) is 4.79 Å². The van der Waals surface area contributed by atoms with Gasteiger partial charge in [0, 0.05) is 18.0 Å². The summed E-state index contributed by atoms with van der Waals surface area (Å²) in [6.07, 6.45) is 1.12. The van der Waals surface area contributed by atoms with Gasteiger partial charge in [-0.15, -0.1) is 0 Å². The molecule has 2 heterocycles. The molecule has 0 N–H and O–H groups in total. The van der Waals surface area contributed by atoms with Crippen LogP contribution in [-0.4, -0.2) is 27.6 Å². The Kier molecular flexibility index (Phi) is 5.30. The number of hydrogen-bond donors (Lipinski definition) is 0. The summed E-state index contributed by atoms with van der Waals surface area (Å²) in [7, 11) is 0. The highest BCUT2D eigenvalue weighted by Crippen LogP contribution is 2.35. The number of nitrogens with zero attached hydrogens (tertiary/aromatic N) is 3. The number of likely N-dealkylation sites (tertiary alicyclic amines) is 1. The molecule has 1 aliphatic heterocycles. The van der Waals surface area contributed by atoms with Crippen LogP contribution in [0.15, 0.2) is 53.1 Å². The molecule has 144 valence electrons. The summed E-state index contributed by atoms with van der Waals surface area (Å²) < 4.78 is 11.2. The smallest absolute Gasteiger partial charge is 0.249 e. The Morgan fingerprint density at radius 3 is 2.79 bits per heavy atom. The second kappa shape index (κ2) is 8.02. The van der Waals surface area contributed by atoms with Gasteiger partial charge in [-0.05, 0) is 43.2 Å². The van der Waals surface area contributed by atoms with E-state index in [-0.39, 0.29) is 11.9 Å². The molecule has 1 atom stereocenters. The number of halogens is 1. The van der Waals surface area contributed by atoms with Gasteiger partial charge in [0.1, 0.15) is 11.8 Å². The summed E-state index contributed by atoms with van der Waals surface area (Å²) in [5.41, 5.74) is 1.78. The Bertz CT molecular complexity index is 971. The van der Waals surface area contributed by atoms with Crippen molar-refractivity contribution in [3.05, 3.63) is 65.0 Å². The molecular weight excluding hydrogens is 378 g/mol. The average Bonchev–Trinajstić information content (AvgIpc) is 3.32. The standard InChI is InChI=1S/C21H20ClN3O3/c1-2-27-18-6-4-3-5-16(18)20-23-21(28-24-20)17-11-12-19(26)25(17)13-14-7-9-15(22)10-8-14/h3-10,17H,2,11-13H2,1H3. The Morgan fingerprint density at radius 2 is 2.00 bits per heavy atom. The van der Waals surface area contributed by atoms with E-state index in [9.17, 15) is 4.79 Å². The first kappa shape index (κ1) is 18.5. The summed E-state index contributed by atoms with van der Waals surface area (Å²) in [5, 5.41) is 4.80. The number of ether oxygens (including phenoxy) is 1. The third-order valence-electron chi connectivity index (χ3n) is 4.75. The first-order chi connectivity index (χ1) is 13.7. The predicted octanol–water partition coefficient (Wildman–Crippen LogP) is 4.65. The lowest BCUT2D eigenvalue weighted by atomic mass is 10.1. The van der Waals surface area contributed by atoms with Crippen molar-refractivity contribution in [3.8, 4) is 17.1 Å². The predicted molar refractivity (Wildman–Crippen MR) is 105 cm³/mol. The van der Waals surface area contributed by atoms with Crippen molar-refractivity contribution in [1.82, 2.24) is 15.0 Å². The Morgan fingerprint density at radius 1 is 1.21 bits per heavy atom. The van der Waals surface area contributed by atoms with Gasteiger partial charge < -0.3 is 14.2 Å². The fourth-order valence-corrected chi connectivity index (χ4v) is 3.51. The number of carbonyl (C=O) groups is 1. The fraction of sp³-hybridized carbons (Fsp3) is 0.286. The molecule has 1 unspecified atom stereocenters. The Hall–Kier alpha value is -2.86.